The van der Waals surface area contributed by atoms with E-state index in [4.69, 9.17) is 16.3 Å². The van der Waals surface area contributed by atoms with E-state index in [0.717, 1.165) is 47.8 Å². The minimum absolute atomic E-state index is 0. The van der Waals surface area contributed by atoms with Gasteiger partial charge >= 0.3 is 6.09 Å². The maximum atomic E-state index is 12.0. The van der Waals surface area contributed by atoms with E-state index < -0.39 is 5.60 Å². The largest absolute Gasteiger partial charge is 0.444 e. The summed E-state index contributed by atoms with van der Waals surface area (Å²) >= 11 is 6.13. The predicted molar refractivity (Wildman–Crippen MR) is 133 cm³/mol. The minimum atomic E-state index is -0.493. The van der Waals surface area contributed by atoms with Crippen molar-refractivity contribution in [1.82, 2.24) is 20.5 Å². The number of hydrogen-bond donors (Lipinski definition) is 3. The maximum absolute atomic E-state index is 12.0. The highest BCUT2D eigenvalue weighted by Gasteiger charge is 2.27. The minimum Gasteiger partial charge on any atom is -0.444 e. The van der Waals surface area contributed by atoms with Gasteiger partial charge in [-0.3, -0.25) is 4.99 Å². The molecule has 166 valence electrons. The highest BCUT2D eigenvalue weighted by molar-refractivity contribution is 14.0. The summed E-state index contributed by atoms with van der Waals surface area (Å²) in [5.74, 6) is 0.844. The van der Waals surface area contributed by atoms with Crippen molar-refractivity contribution in [3.05, 3.63) is 35.0 Å². The van der Waals surface area contributed by atoms with Gasteiger partial charge in [-0.25, -0.2) is 4.79 Å². The topological polar surface area (TPSA) is 81.8 Å². The Morgan fingerprint density at radius 2 is 2.17 bits per heavy atom. The number of rotatable bonds is 4. The molecule has 1 aromatic carbocycles. The number of hydrogen-bond acceptors (Lipinski definition) is 3. The van der Waals surface area contributed by atoms with Crippen molar-refractivity contribution in [2.75, 3.05) is 26.7 Å². The molecule has 0 aliphatic carbocycles. The van der Waals surface area contributed by atoms with E-state index in [1.807, 2.05) is 45.2 Å². The zero-order valence-electron chi connectivity index (χ0n) is 17.9. The first-order valence-corrected chi connectivity index (χ1v) is 10.3. The first-order valence-electron chi connectivity index (χ1n) is 9.96. The molecule has 3 rings (SSSR count). The standard InChI is InChI=1S/C21H30ClN5O2.HI/c1-21(2,3)29-20(28)26-16-8-10-27(13-16)19(23-4)24-9-7-14-12-25-18-6-5-15(22)11-17(14)18;/h5-6,11-12,16,25H,7-10,13H2,1-4H3,(H,23,24)(H,26,28);1H. The lowest BCUT2D eigenvalue weighted by molar-refractivity contribution is 0.0507. The summed E-state index contributed by atoms with van der Waals surface area (Å²) in [6.07, 6.45) is 3.38. The van der Waals surface area contributed by atoms with E-state index in [-0.39, 0.29) is 36.1 Å². The first-order chi connectivity index (χ1) is 13.7. The number of ether oxygens (including phenoxy) is 1. The molecule has 1 aliphatic rings. The molecular formula is C21H31ClIN5O2. The normalized spacial score (nSPS) is 17.0. The molecule has 1 amide bonds. The number of H-pyrrole nitrogens is 1. The van der Waals surface area contributed by atoms with Crippen LogP contribution >= 0.6 is 35.6 Å². The third kappa shape index (κ3) is 6.66. The van der Waals surface area contributed by atoms with E-state index in [2.05, 4.69) is 25.5 Å². The molecule has 0 radical (unpaired) electrons. The van der Waals surface area contributed by atoms with Crippen molar-refractivity contribution in [3.63, 3.8) is 0 Å². The van der Waals surface area contributed by atoms with Gasteiger partial charge in [0, 0.05) is 48.8 Å². The molecule has 9 heteroatoms. The number of alkyl carbamates (subject to hydrolysis) is 1. The molecule has 3 N–H and O–H groups in total. The predicted octanol–water partition coefficient (Wildman–Crippen LogP) is 4.16. The number of benzene rings is 1. The van der Waals surface area contributed by atoms with Gasteiger partial charge in [0.15, 0.2) is 5.96 Å². The van der Waals surface area contributed by atoms with Crippen molar-refractivity contribution in [1.29, 1.82) is 0 Å². The molecular weight excluding hydrogens is 517 g/mol. The third-order valence-corrected chi connectivity index (χ3v) is 5.06. The van der Waals surface area contributed by atoms with E-state index in [9.17, 15) is 4.79 Å². The van der Waals surface area contributed by atoms with Gasteiger partial charge in [0.2, 0.25) is 0 Å². The quantitative estimate of drug-likeness (QED) is 0.305. The van der Waals surface area contributed by atoms with E-state index >= 15 is 0 Å². The number of carbonyl (C=O) groups excluding carboxylic acids is 1. The Labute approximate surface area is 200 Å². The first kappa shape index (κ1) is 24.6. The lowest BCUT2D eigenvalue weighted by Gasteiger charge is -2.23. The number of nitrogens with one attached hydrogen (secondary N) is 3. The maximum Gasteiger partial charge on any atom is 0.407 e. The summed E-state index contributed by atoms with van der Waals surface area (Å²) in [4.78, 5) is 21.8. The summed E-state index contributed by atoms with van der Waals surface area (Å²) in [5, 5.41) is 8.26. The van der Waals surface area contributed by atoms with Crippen molar-refractivity contribution in [2.24, 2.45) is 4.99 Å². The molecule has 2 aromatic rings. The summed E-state index contributed by atoms with van der Waals surface area (Å²) in [5.41, 5.74) is 1.81. The van der Waals surface area contributed by atoms with Crippen molar-refractivity contribution >= 4 is 58.5 Å². The molecule has 1 atom stereocenters. The van der Waals surface area contributed by atoms with Gasteiger partial charge in [0.25, 0.3) is 0 Å². The summed E-state index contributed by atoms with van der Waals surface area (Å²) in [6.45, 7) is 7.89. The summed E-state index contributed by atoms with van der Waals surface area (Å²) in [7, 11) is 1.78. The number of likely N-dealkylation sites (tertiary alicyclic amines) is 1. The second-order valence-corrected chi connectivity index (χ2v) is 8.74. The molecule has 30 heavy (non-hydrogen) atoms. The zero-order valence-corrected chi connectivity index (χ0v) is 21.0. The number of fused-ring (bicyclic) bond motifs is 1. The monoisotopic (exact) mass is 547 g/mol. The van der Waals surface area contributed by atoms with Crippen LogP contribution in [0, 0.1) is 0 Å². The molecule has 1 aromatic heterocycles. The number of aromatic amines is 1. The fourth-order valence-electron chi connectivity index (χ4n) is 3.54. The second-order valence-electron chi connectivity index (χ2n) is 8.31. The Hall–Kier alpha value is -1.68. The highest BCUT2D eigenvalue weighted by atomic mass is 127. The number of carbonyl (C=O) groups is 1. The van der Waals surface area contributed by atoms with Gasteiger partial charge in [0.05, 0.1) is 6.04 Å². The molecule has 2 heterocycles. The molecule has 0 saturated carbocycles. The number of amides is 1. The molecule has 0 spiro atoms. The summed E-state index contributed by atoms with van der Waals surface area (Å²) in [6, 6.07) is 5.93. The van der Waals surface area contributed by atoms with Crippen LogP contribution in [0.4, 0.5) is 4.79 Å². The van der Waals surface area contributed by atoms with Gasteiger partial charge in [-0.15, -0.1) is 24.0 Å². The van der Waals surface area contributed by atoms with E-state index in [1.165, 1.54) is 5.56 Å². The Bertz CT molecular complexity index is 893. The van der Waals surface area contributed by atoms with Gasteiger partial charge in [-0.05, 0) is 57.4 Å². The number of halogens is 2. The molecule has 0 bridgehead atoms. The smallest absolute Gasteiger partial charge is 0.407 e. The van der Waals surface area contributed by atoms with Crippen LogP contribution in [0.15, 0.2) is 29.4 Å². The van der Waals surface area contributed by atoms with Crippen molar-refractivity contribution in [3.8, 4) is 0 Å². The fraction of sp³-hybridized carbons (Fsp3) is 0.524. The summed E-state index contributed by atoms with van der Waals surface area (Å²) < 4.78 is 5.34. The number of aliphatic imine (C=N–C) groups is 1. The van der Waals surface area contributed by atoms with Crippen molar-refractivity contribution in [2.45, 2.75) is 45.3 Å². The lowest BCUT2D eigenvalue weighted by atomic mass is 10.1. The van der Waals surface area contributed by atoms with Crippen molar-refractivity contribution < 1.29 is 9.53 Å². The van der Waals surface area contributed by atoms with Gasteiger partial charge < -0.3 is 25.3 Å². The van der Waals surface area contributed by atoms with Crippen LogP contribution in [-0.4, -0.2) is 60.3 Å². The zero-order chi connectivity index (χ0) is 21.0. The molecule has 1 fully saturated rings. The van der Waals surface area contributed by atoms with Crippen LogP contribution in [0.3, 0.4) is 0 Å². The van der Waals surface area contributed by atoms with E-state index in [0.29, 0.717) is 6.54 Å². The van der Waals surface area contributed by atoms with Crippen LogP contribution in [0.1, 0.15) is 32.8 Å². The van der Waals surface area contributed by atoms with Gasteiger partial charge in [0.1, 0.15) is 5.60 Å². The number of aromatic nitrogens is 1. The molecule has 1 aliphatic heterocycles. The number of nitrogens with zero attached hydrogens (tertiary/aromatic N) is 2. The average Bonchev–Trinajstić information content (AvgIpc) is 3.24. The van der Waals surface area contributed by atoms with E-state index in [1.54, 1.807) is 7.05 Å². The Morgan fingerprint density at radius 1 is 1.40 bits per heavy atom. The Balaban J connectivity index is 0.00000320. The second kappa shape index (κ2) is 10.6. The third-order valence-electron chi connectivity index (χ3n) is 4.83. The van der Waals surface area contributed by atoms with Crippen LogP contribution < -0.4 is 10.6 Å². The molecule has 1 saturated heterocycles. The van der Waals surface area contributed by atoms with Crippen LogP contribution in [0.5, 0.6) is 0 Å². The lowest BCUT2D eigenvalue weighted by Crippen LogP contribution is -2.44. The fourth-order valence-corrected chi connectivity index (χ4v) is 3.72. The molecule has 7 nitrogen and oxygen atoms in total. The van der Waals surface area contributed by atoms with Crippen LogP contribution in [0.2, 0.25) is 5.02 Å². The van der Waals surface area contributed by atoms with Crippen LogP contribution in [-0.2, 0) is 11.2 Å². The Morgan fingerprint density at radius 3 is 2.87 bits per heavy atom. The van der Waals surface area contributed by atoms with Crippen LogP contribution in [0.25, 0.3) is 10.9 Å². The number of guanidine groups is 1. The SMILES string of the molecule is CN=C(NCCc1c[nH]c2ccc(Cl)cc12)N1CCC(NC(=O)OC(C)(C)C)C1.I. The van der Waals surface area contributed by atoms with Gasteiger partial charge in [-0.2, -0.15) is 0 Å². The highest BCUT2D eigenvalue weighted by Crippen LogP contribution is 2.22. The Kier molecular flexibility index (Phi) is 8.66. The molecule has 1 unspecified atom stereocenters. The van der Waals surface area contributed by atoms with Gasteiger partial charge in [-0.1, -0.05) is 11.6 Å². The average molecular weight is 548 g/mol.